The van der Waals surface area contributed by atoms with Crippen LogP contribution in [0.4, 0.5) is 0 Å². The van der Waals surface area contributed by atoms with Crippen LogP contribution >= 0.6 is 0 Å². The fraction of sp³-hybridized carbons (Fsp3) is 1.00. The molecule has 0 spiro atoms. The highest BCUT2D eigenvalue weighted by atomic mass is 16.3. The van der Waals surface area contributed by atoms with Gasteiger partial charge in [0.15, 0.2) is 0 Å². The zero-order valence-corrected chi connectivity index (χ0v) is 8.06. The molecule has 0 aromatic heterocycles. The number of hydrogen-bond donors (Lipinski definition) is 4. The Kier molecular flexibility index (Phi) is 7.17. The van der Waals surface area contributed by atoms with Crippen molar-refractivity contribution in [2.75, 3.05) is 6.61 Å². The highest BCUT2D eigenvalue weighted by Crippen LogP contribution is 2.08. The first-order valence-electron chi connectivity index (χ1n) is 4.75. The van der Waals surface area contributed by atoms with Gasteiger partial charge in [-0.25, -0.2) is 0 Å². The lowest BCUT2D eigenvalue weighted by atomic mass is 10.0. The quantitative estimate of drug-likeness (QED) is 0.444. The predicted molar refractivity (Wildman–Crippen MR) is 49.2 cm³/mol. The highest BCUT2D eigenvalue weighted by Gasteiger charge is 2.12. The first kappa shape index (κ1) is 12.8. The standard InChI is InChI=1S/C9H20O4/c1-2-7(11)5-8(12)3-4-9(13)6-10/h7-13H,2-6H2,1H3. The molecule has 80 valence electrons. The topological polar surface area (TPSA) is 80.9 Å². The van der Waals surface area contributed by atoms with Crippen LogP contribution < -0.4 is 0 Å². The van der Waals surface area contributed by atoms with Crippen molar-refractivity contribution in [2.45, 2.75) is 50.9 Å². The van der Waals surface area contributed by atoms with Gasteiger partial charge in [0, 0.05) is 0 Å². The third-order valence-corrected chi connectivity index (χ3v) is 2.06. The molecule has 0 aromatic rings. The van der Waals surface area contributed by atoms with Gasteiger partial charge in [0.25, 0.3) is 0 Å². The van der Waals surface area contributed by atoms with Gasteiger partial charge < -0.3 is 20.4 Å². The van der Waals surface area contributed by atoms with Crippen LogP contribution in [0.3, 0.4) is 0 Å². The summed E-state index contributed by atoms with van der Waals surface area (Å²) in [5, 5.41) is 36.0. The Morgan fingerprint density at radius 1 is 0.923 bits per heavy atom. The van der Waals surface area contributed by atoms with Crippen molar-refractivity contribution in [3.8, 4) is 0 Å². The number of aliphatic hydroxyl groups excluding tert-OH is 4. The number of rotatable bonds is 7. The lowest BCUT2D eigenvalue weighted by Crippen LogP contribution is -2.20. The van der Waals surface area contributed by atoms with Gasteiger partial charge in [-0.3, -0.25) is 0 Å². The third-order valence-electron chi connectivity index (χ3n) is 2.06. The van der Waals surface area contributed by atoms with Crippen LogP contribution in [0.25, 0.3) is 0 Å². The average molecular weight is 192 g/mol. The molecule has 4 heteroatoms. The van der Waals surface area contributed by atoms with Crippen LogP contribution in [-0.2, 0) is 0 Å². The van der Waals surface area contributed by atoms with Gasteiger partial charge in [0.1, 0.15) is 0 Å². The van der Waals surface area contributed by atoms with Crippen molar-refractivity contribution in [3.05, 3.63) is 0 Å². The molecule has 0 amide bonds. The molecule has 0 aromatic carbocycles. The second kappa shape index (κ2) is 7.26. The SMILES string of the molecule is CCC(O)CC(O)CCC(O)CO. The van der Waals surface area contributed by atoms with Crippen molar-refractivity contribution < 1.29 is 20.4 Å². The average Bonchev–Trinajstić information content (AvgIpc) is 2.13. The molecular formula is C9H20O4. The van der Waals surface area contributed by atoms with Gasteiger partial charge in [0.2, 0.25) is 0 Å². The Morgan fingerprint density at radius 2 is 1.46 bits per heavy atom. The van der Waals surface area contributed by atoms with Gasteiger partial charge in [-0.2, -0.15) is 0 Å². The van der Waals surface area contributed by atoms with Crippen LogP contribution in [0.2, 0.25) is 0 Å². The summed E-state index contributed by atoms with van der Waals surface area (Å²) in [5.41, 5.74) is 0. The molecule has 4 N–H and O–H groups in total. The van der Waals surface area contributed by atoms with Crippen LogP contribution in [-0.4, -0.2) is 45.3 Å². The maximum atomic E-state index is 9.34. The van der Waals surface area contributed by atoms with Gasteiger partial charge in [-0.15, -0.1) is 0 Å². The van der Waals surface area contributed by atoms with E-state index >= 15 is 0 Å². The number of hydrogen-bond acceptors (Lipinski definition) is 4. The van der Waals surface area contributed by atoms with E-state index in [-0.39, 0.29) is 6.61 Å². The van der Waals surface area contributed by atoms with Gasteiger partial charge in [-0.1, -0.05) is 6.92 Å². The Balaban J connectivity index is 3.45. The van der Waals surface area contributed by atoms with Crippen LogP contribution in [0.1, 0.15) is 32.6 Å². The fourth-order valence-electron chi connectivity index (χ4n) is 1.07. The minimum absolute atomic E-state index is 0.275. The second-order valence-corrected chi connectivity index (χ2v) is 3.37. The van der Waals surface area contributed by atoms with Crippen LogP contribution in [0.5, 0.6) is 0 Å². The third kappa shape index (κ3) is 6.95. The molecule has 0 saturated heterocycles. The summed E-state index contributed by atoms with van der Waals surface area (Å²) in [6.45, 7) is 1.57. The van der Waals surface area contributed by atoms with E-state index in [1.807, 2.05) is 6.92 Å². The van der Waals surface area contributed by atoms with Gasteiger partial charge in [-0.05, 0) is 25.7 Å². The summed E-state index contributed by atoms with van der Waals surface area (Å²) in [5.74, 6) is 0. The summed E-state index contributed by atoms with van der Waals surface area (Å²) >= 11 is 0. The zero-order valence-electron chi connectivity index (χ0n) is 8.06. The van der Waals surface area contributed by atoms with E-state index in [2.05, 4.69) is 0 Å². The van der Waals surface area contributed by atoms with Crippen molar-refractivity contribution in [1.82, 2.24) is 0 Å². The zero-order chi connectivity index (χ0) is 10.3. The van der Waals surface area contributed by atoms with Gasteiger partial charge >= 0.3 is 0 Å². The van der Waals surface area contributed by atoms with E-state index < -0.39 is 18.3 Å². The molecule has 0 rings (SSSR count). The van der Waals surface area contributed by atoms with Crippen molar-refractivity contribution in [3.63, 3.8) is 0 Å². The van der Waals surface area contributed by atoms with Crippen molar-refractivity contribution in [2.24, 2.45) is 0 Å². The van der Waals surface area contributed by atoms with E-state index in [0.717, 1.165) is 0 Å². The maximum absolute atomic E-state index is 9.34. The minimum Gasteiger partial charge on any atom is -0.394 e. The molecule has 0 heterocycles. The Morgan fingerprint density at radius 3 is 1.92 bits per heavy atom. The smallest absolute Gasteiger partial charge is 0.0771 e. The summed E-state index contributed by atoms with van der Waals surface area (Å²) in [4.78, 5) is 0. The molecule has 13 heavy (non-hydrogen) atoms. The number of aliphatic hydroxyl groups is 4. The van der Waals surface area contributed by atoms with E-state index in [0.29, 0.717) is 25.7 Å². The van der Waals surface area contributed by atoms with E-state index in [9.17, 15) is 10.2 Å². The Bertz CT molecular complexity index is 118. The molecule has 0 aliphatic carbocycles. The monoisotopic (exact) mass is 192 g/mol. The van der Waals surface area contributed by atoms with E-state index in [4.69, 9.17) is 10.2 Å². The van der Waals surface area contributed by atoms with Crippen LogP contribution in [0, 0.1) is 0 Å². The van der Waals surface area contributed by atoms with E-state index in [1.54, 1.807) is 0 Å². The molecule has 0 radical (unpaired) electrons. The van der Waals surface area contributed by atoms with Gasteiger partial charge in [0.05, 0.1) is 24.9 Å². The lowest BCUT2D eigenvalue weighted by Gasteiger charge is -2.15. The summed E-state index contributed by atoms with van der Waals surface area (Å²) < 4.78 is 0. The molecule has 0 aliphatic rings. The molecular weight excluding hydrogens is 172 g/mol. The normalized spacial score (nSPS) is 18.2. The molecule has 0 aliphatic heterocycles. The summed E-state index contributed by atoms with van der Waals surface area (Å²) in [6.07, 6.45) is -0.0629. The van der Waals surface area contributed by atoms with Crippen LogP contribution in [0.15, 0.2) is 0 Å². The highest BCUT2D eigenvalue weighted by molar-refractivity contribution is 4.64. The molecule has 0 saturated carbocycles. The molecule has 0 bridgehead atoms. The summed E-state index contributed by atoms with van der Waals surface area (Å²) in [6, 6.07) is 0. The first-order chi connectivity index (χ1) is 6.10. The minimum atomic E-state index is -0.756. The Hall–Kier alpha value is -0.160. The Labute approximate surface area is 78.8 Å². The first-order valence-corrected chi connectivity index (χ1v) is 4.75. The fourth-order valence-corrected chi connectivity index (χ4v) is 1.07. The molecule has 4 nitrogen and oxygen atoms in total. The molecule has 3 atom stereocenters. The molecule has 0 fully saturated rings. The van der Waals surface area contributed by atoms with Crippen molar-refractivity contribution >= 4 is 0 Å². The largest absolute Gasteiger partial charge is 0.394 e. The summed E-state index contributed by atoms with van der Waals surface area (Å²) in [7, 11) is 0. The lowest BCUT2D eigenvalue weighted by molar-refractivity contribution is 0.0455. The van der Waals surface area contributed by atoms with Crippen molar-refractivity contribution in [1.29, 1.82) is 0 Å². The second-order valence-electron chi connectivity index (χ2n) is 3.37. The van der Waals surface area contributed by atoms with E-state index in [1.165, 1.54) is 0 Å². The molecule has 3 unspecified atom stereocenters. The predicted octanol–water partition coefficient (Wildman–Crippen LogP) is -0.358. The maximum Gasteiger partial charge on any atom is 0.0771 e.